The van der Waals surface area contributed by atoms with E-state index in [0.29, 0.717) is 43.9 Å². The molecule has 1 atom stereocenters. The standard InChI is InChI=1S/C25H26F3N5O2/c1-16-4-3-9-31-21(16)23(35)33-14-20(22(34)30-2)24(15-33)7-10-32(11-8-24)18-6-5-17(13-29)19(12-18)25(26,27)28/h3-6,9,12,20H,7-8,10-11,14-15H2,1-2H3,(H,30,34). The molecule has 10 heteroatoms. The van der Waals surface area contributed by atoms with Crippen molar-refractivity contribution in [2.75, 3.05) is 38.1 Å². The van der Waals surface area contributed by atoms with Gasteiger partial charge in [0, 0.05) is 50.5 Å². The van der Waals surface area contributed by atoms with Crippen LogP contribution < -0.4 is 10.2 Å². The molecule has 0 bridgehead atoms. The number of amides is 2. The van der Waals surface area contributed by atoms with Crippen LogP contribution in [-0.2, 0) is 11.0 Å². The second kappa shape index (κ2) is 9.21. The zero-order chi connectivity index (χ0) is 25.4. The number of pyridine rings is 1. The van der Waals surface area contributed by atoms with Crippen LogP contribution in [0, 0.1) is 29.6 Å². The number of benzene rings is 1. The Kier molecular flexibility index (Phi) is 6.45. The minimum atomic E-state index is -4.63. The van der Waals surface area contributed by atoms with Gasteiger partial charge in [-0.1, -0.05) is 6.07 Å². The number of carbonyl (C=O) groups excluding carboxylic acids is 2. The molecule has 7 nitrogen and oxygen atoms in total. The van der Waals surface area contributed by atoms with Gasteiger partial charge in [0.1, 0.15) is 5.69 Å². The van der Waals surface area contributed by atoms with Gasteiger partial charge in [0.25, 0.3) is 5.91 Å². The summed E-state index contributed by atoms with van der Waals surface area (Å²) in [5, 5.41) is 11.8. The monoisotopic (exact) mass is 485 g/mol. The molecule has 184 valence electrons. The molecule has 1 unspecified atom stereocenters. The minimum Gasteiger partial charge on any atom is -0.371 e. The summed E-state index contributed by atoms with van der Waals surface area (Å²) in [6, 6.07) is 8.91. The molecule has 3 heterocycles. The summed E-state index contributed by atoms with van der Waals surface area (Å²) < 4.78 is 40.3. The van der Waals surface area contributed by atoms with Crippen LogP contribution >= 0.6 is 0 Å². The Balaban J connectivity index is 1.56. The third kappa shape index (κ3) is 4.55. The lowest BCUT2D eigenvalue weighted by atomic mass is 9.70. The first-order chi connectivity index (χ1) is 16.6. The maximum absolute atomic E-state index is 13.4. The average Bonchev–Trinajstić information content (AvgIpc) is 3.21. The predicted molar refractivity (Wildman–Crippen MR) is 122 cm³/mol. The third-order valence-electron chi connectivity index (χ3n) is 7.26. The Morgan fingerprint density at radius 3 is 2.54 bits per heavy atom. The van der Waals surface area contributed by atoms with E-state index in [4.69, 9.17) is 5.26 Å². The van der Waals surface area contributed by atoms with Crippen molar-refractivity contribution in [1.29, 1.82) is 5.26 Å². The number of nitrogens with zero attached hydrogens (tertiary/aromatic N) is 4. The summed E-state index contributed by atoms with van der Waals surface area (Å²) in [7, 11) is 1.56. The zero-order valence-electron chi connectivity index (χ0n) is 19.5. The van der Waals surface area contributed by atoms with Crippen molar-refractivity contribution in [1.82, 2.24) is 15.2 Å². The minimum absolute atomic E-state index is 0.149. The van der Waals surface area contributed by atoms with Gasteiger partial charge in [0.05, 0.1) is 23.1 Å². The number of piperidine rings is 1. The number of alkyl halides is 3. The lowest BCUT2D eigenvalue weighted by Crippen LogP contribution is -2.48. The number of anilines is 1. The molecular weight excluding hydrogens is 459 g/mol. The van der Waals surface area contributed by atoms with Gasteiger partial charge in [0.15, 0.2) is 0 Å². The van der Waals surface area contributed by atoms with E-state index in [1.54, 1.807) is 30.3 Å². The molecule has 1 aromatic carbocycles. The summed E-state index contributed by atoms with van der Waals surface area (Å²) in [6.45, 7) is 3.33. The molecule has 4 rings (SSSR count). The summed E-state index contributed by atoms with van der Waals surface area (Å²) in [5.74, 6) is -0.795. The van der Waals surface area contributed by atoms with E-state index in [1.165, 1.54) is 12.1 Å². The van der Waals surface area contributed by atoms with E-state index in [9.17, 15) is 22.8 Å². The fraction of sp³-hybridized carbons (Fsp3) is 0.440. The highest BCUT2D eigenvalue weighted by Gasteiger charge is 2.52. The lowest BCUT2D eigenvalue weighted by molar-refractivity contribution is -0.137. The van der Waals surface area contributed by atoms with Crippen LogP contribution in [0.1, 0.15) is 40.0 Å². The number of aromatic nitrogens is 1. The van der Waals surface area contributed by atoms with Crippen LogP contribution in [0.15, 0.2) is 36.5 Å². The average molecular weight is 486 g/mol. The highest BCUT2D eigenvalue weighted by Crippen LogP contribution is 2.46. The van der Waals surface area contributed by atoms with Crippen LogP contribution in [-0.4, -0.2) is 54.9 Å². The molecule has 1 spiro atoms. The smallest absolute Gasteiger partial charge is 0.371 e. The van der Waals surface area contributed by atoms with E-state index in [2.05, 4.69) is 10.3 Å². The molecule has 2 aromatic rings. The quantitative estimate of drug-likeness (QED) is 0.720. The Morgan fingerprint density at radius 2 is 1.94 bits per heavy atom. The first-order valence-corrected chi connectivity index (χ1v) is 11.4. The van der Waals surface area contributed by atoms with Crippen molar-refractivity contribution in [2.45, 2.75) is 25.9 Å². The molecule has 2 aliphatic rings. The van der Waals surface area contributed by atoms with Crippen molar-refractivity contribution in [3.05, 3.63) is 58.9 Å². The highest BCUT2D eigenvalue weighted by atomic mass is 19.4. The number of nitriles is 1. The van der Waals surface area contributed by atoms with Gasteiger partial charge in [0.2, 0.25) is 5.91 Å². The lowest BCUT2D eigenvalue weighted by Gasteiger charge is -2.43. The van der Waals surface area contributed by atoms with Crippen molar-refractivity contribution >= 4 is 17.5 Å². The molecule has 1 N–H and O–H groups in total. The zero-order valence-corrected chi connectivity index (χ0v) is 19.5. The van der Waals surface area contributed by atoms with Crippen LogP contribution in [0.5, 0.6) is 0 Å². The van der Waals surface area contributed by atoms with E-state index in [0.717, 1.165) is 11.6 Å². The summed E-state index contributed by atoms with van der Waals surface area (Å²) >= 11 is 0. The Hall–Kier alpha value is -3.61. The van der Waals surface area contributed by atoms with Crippen molar-refractivity contribution in [3.63, 3.8) is 0 Å². The number of likely N-dealkylation sites (tertiary alicyclic amines) is 1. The molecule has 2 aliphatic heterocycles. The van der Waals surface area contributed by atoms with E-state index in [-0.39, 0.29) is 18.4 Å². The number of hydrogen-bond donors (Lipinski definition) is 1. The van der Waals surface area contributed by atoms with Gasteiger partial charge in [-0.2, -0.15) is 18.4 Å². The van der Waals surface area contributed by atoms with Crippen LogP contribution in [0.2, 0.25) is 0 Å². The van der Waals surface area contributed by atoms with Crippen LogP contribution in [0.4, 0.5) is 18.9 Å². The summed E-state index contributed by atoms with van der Waals surface area (Å²) in [6.07, 6.45) is -1.99. The maximum Gasteiger partial charge on any atom is 0.417 e. The molecular formula is C25H26F3N5O2. The van der Waals surface area contributed by atoms with Crippen molar-refractivity contribution < 1.29 is 22.8 Å². The molecule has 0 aliphatic carbocycles. The normalized spacial score (nSPS) is 19.5. The second-order valence-electron chi connectivity index (χ2n) is 9.21. The fourth-order valence-corrected chi connectivity index (χ4v) is 5.30. The molecule has 0 radical (unpaired) electrons. The summed E-state index contributed by atoms with van der Waals surface area (Å²) in [5.41, 5.74) is -0.346. The fourth-order valence-electron chi connectivity index (χ4n) is 5.30. The second-order valence-corrected chi connectivity index (χ2v) is 9.21. The van der Waals surface area contributed by atoms with E-state index in [1.807, 2.05) is 17.9 Å². The molecule has 2 fully saturated rings. The summed E-state index contributed by atoms with van der Waals surface area (Å²) in [4.78, 5) is 33.8. The van der Waals surface area contributed by atoms with Gasteiger partial charge in [-0.05, 0) is 49.6 Å². The maximum atomic E-state index is 13.4. The van der Waals surface area contributed by atoms with Crippen molar-refractivity contribution in [3.8, 4) is 6.07 Å². The highest BCUT2D eigenvalue weighted by molar-refractivity contribution is 5.94. The first-order valence-electron chi connectivity index (χ1n) is 11.4. The van der Waals surface area contributed by atoms with Gasteiger partial charge >= 0.3 is 6.18 Å². The van der Waals surface area contributed by atoms with Gasteiger partial charge in [-0.3, -0.25) is 14.6 Å². The Bertz CT molecular complexity index is 1180. The molecule has 35 heavy (non-hydrogen) atoms. The third-order valence-corrected chi connectivity index (χ3v) is 7.26. The number of hydrogen-bond acceptors (Lipinski definition) is 5. The molecule has 0 saturated carbocycles. The largest absolute Gasteiger partial charge is 0.417 e. The van der Waals surface area contributed by atoms with Crippen LogP contribution in [0.3, 0.4) is 0 Å². The SMILES string of the molecule is CNC(=O)C1CN(C(=O)c2ncccc2C)CC12CCN(c1ccc(C#N)c(C(F)(F)F)c1)CC2. The number of nitrogens with one attached hydrogen (secondary N) is 1. The number of aryl methyl sites for hydroxylation is 1. The Labute approximate surface area is 201 Å². The molecule has 1 aromatic heterocycles. The van der Waals surface area contributed by atoms with E-state index >= 15 is 0 Å². The van der Waals surface area contributed by atoms with Crippen LogP contribution in [0.25, 0.3) is 0 Å². The Morgan fingerprint density at radius 1 is 1.23 bits per heavy atom. The van der Waals surface area contributed by atoms with Crippen molar-refractivity contribution in [2.24, 2.45) is 11.3 Å². The van der Waals surface area contributed by atoms with Gasteiger partial charge < -0.3 is 15.1 Å². The van der Waals surface area contributed by atoms with E-state index < -0.39 is 28.6 Å². The first kappa shape index (κ1) is 24.5. The number of carbonyl (C=O) groups is 2. The van der Waals surface area contributed by atoms with Gasteiger partial charge in [-0.25, -0.2) is 0 Å². The number of rotatable bonds is 3. The molecule has 2 amide bonds. The number of halogens is 3. The predicted octanol–water partition coefficient (Wildman–Crippen LogP) is 3.39. The molecule has 2 saturated heterocycles. The van der Waals surface area contributed by atoms with Gasteiger partial charge in [-0.15, -0.1) is 0 Å². The topological polar surface area (TPSA) is 89.3 Å².